The summed E-state index contributed by atoms with van der Waals surface area (Å²) in [6.45, 7) is 0.186. The molecule has 0 spiro atoms. The third kappa shape index (κ3) is 1.63. The highest BCUT2D eigenvalue weighted by Gasteiger charge is 2.43. The van der Waals surface area contributed by atoms with Crippen LogP contribution in [0.15, 0.2) is 4.99 Å². The Morgan fingerprint density at radius 2 is 2.21 bits per heavy atom. The molecule has 2 N–H and O–H groups in total. The quantitative estimate of drug-likeness (QED) is 0.551. The Kier molecular flexibility index (Phi) is 2.70. The number of aliphatic imine (C=N–C) groups is 1. The van der Waals surface area contributed by atoms with Crippen LogP contribution in [0.2, 0.25) is 0 Å². The molecule has 2 aliphatic heterocycles. The van der Waals surface area contributed by atoms with Gasteiger partial charge in [-0.15, -0.1) is 0 Å². The van der Waals surface area contributed by atoms with Gasteiger partial charge in [0.1, 0.15) is 23.7 Å². The van der Waals surface area contributed by atoms with E-state index in [1.165, 1.54) is 11.8 Å². The number of amidine groups is 1. The van der Waals surface area contributed by atoms with Gasteiger partial charge in [-0.3, -0.25) is 4.99 Å². The van der Waals surface area contributed by atoms with Crippen LogP contribution in [0.1, 0.15) is 0 Å². The number of hydrogen-bond acceptors (Lipinski definition) is 6. The van der Waals surface area contributed by atoms with Crippen molar-refractivity contribution in [2.24, 2.45) is 4.99 Å². The van der Waals surface area contributed by atoms with Gasteiger partial charge in [0.25, 0.3) is 0 Å². The van der Waals surface area contributed by atoms with Crippen LogP contribution in [0, 0.1) is 0 Å². The fourth-order valence-corrected chi connectivity index (χ4v) is 2.61. The lowest BCUT2D eigenvalue weighted by molar-refractivity contribution is -0.105. The van der Waals surface area contributed by atoms with Crippen molar-refractivity contribution in [3.8, 4) is 0 Å². The molecule has 0 aliphatic carbocycles. The summed E-state index contributed by atoms with van der Waals surface area (Å²) in [7, 11) is 3.79. The lowest BCUT2D eigenvalue weighted by Gasteiger charge is -2.31. The number of hydrogen-bond donors (Lipinski definition) is 2. The molecule has 4 atom stereocenters. The van der Waals surface area contributed by atoms with Gasteiger partial charge in [-0.2, -0.15) is 0 Å². The molecule has 0 aromatic rings. The van der Waals surface area contributed by atoms with Crippen molar-refractivity contribution in [3.63, 3.8) is 0 Å². The molecule has 1 saturated heterocycles. The Bertz CT molecular complexity index is 259. The normalized spacial score (nSPS) is 41.9. The molecule has 5 nitrogen and oxygen atoms in total. The molecule has 0 saturated carbocycles. The Labute approximate surface area is 86.8 Å². The van der Waals surface area contributed by atoms with E-state index in [9.17, 15) is 10.2 Å². The van der Waals surface area contributed by atoms with Crippen LogP contribution < -0.4 is 0 Å². The number of ether oxygens (including phenoxy) is 1. The average molecular weight is 218 g/mol. The first-order valence-electron chi connectivity index (χ1n) is 4.49. The number of aliphatic hydroxyl groups excluding tert-OH is 2. The van der Waals surface area contributed by atoms with Gasteiger partial charge >= 0.3 is 0 Å². The van der Waals surface area contributed by atoms with E-state index in [0.29, 0.717) is 0 Å². The molecule has 4 unspecified atom stereocenters. The molecule has 80 valence electrons. The highest BCUT2D eigenvalue weighted by molar-refractivity contribution is 8.14. The Morgan fingerprint density at radius 3 is 2.86 bits per heavy atom. The predicted octanol–water partition coefficient (Wildman–Crippen LogP) is -0.902. The van der Waals surface area contributed by atoms with E-state index in [2.05, 4.69) is 4.99 Å². The fourth-order valence-electron chi connectivity index (χ4n) is 1.50. The molecule has 0 amide bonds. The summed E-state index contributed by atoms with van der Waals surface area (Å²) >= 11 is 1.49. The SMILES string of the molecule is CN(C)C1=NC2C(OCC(O)C2O)S1. The van der Waals surface area contributed by atoms with E-state index in [1.54, 1.807) is 0 Å². The number of thioether (sulfide) groups is 1. The maximum absolute atomic E-state index is 9.68. The summed E-state index contributed by atoms with van der Waals surface area (Å²) in [5.41, 5.74) is -0.147. The van der Waals surface area contributed by atoms with Crippen LogP contribution in [-0.4, -0.2) is 64.7 Å². The number of rotatable bonds is 0. The van der Waals surface area contributed by atoms with Crippen molar-refractivity contribution >= 4 is 16.9 Å². The minimum atomic E-state index is -0.817. The van der Waals surface area contributed by atoms with Crippen molar-refractivity contribution in [2.45, 2.75) is 23.7 Å². The largest absolute Gasteiger partial charge is 0.388 e. The summed E-state index contributed by atoms with van der Waals surface area (Å²) in [4.78, 5) is 6.19. The molecular formula is C8H14N2O3S. The molecule has 0 aromatic heterocycles. The third-order valence-corrected chi connectivity index (χ3v) is 3.65. The first-order valence-corrected chi connectivity index (χ1v) is 5.37. The van der Waals surface area contributed by atoms with Crippen molar-refractivity contribution in [1.82, 2.24) is 4.90 Å². The van der Waals surface area contributed by atoms with Gasteiger partial charge in [-0.25, -0.2) is 0 Å². The van der Waals surface area contributed by atoms with Gasteiger partial charge in [-0.1, -0.05) is 11.8 Å². The van der Waals surface area contributed by atoms with E-state index in [4.69, 9.17) is 4.74 Å². The highest BCUT2D eigenvalue weighted by Crippen LogP contribution is 2.34. The van der Waals surface area contributed by atoms with Crippen molar-refractivity contribution in [2.75, 3.05) is 20.7 Å². The second-order valence-corrected chi connectivity index (χ2v) is 4.74. The molecule has 1 fully saturated rings. The van der Waals surface area contributed by atoms with Gasteiger partial charge in [0.2, 0.25) is 0 Å². The standard InChI is InChI=1S/C8H14N2O3S/c1-10(2)8-9-5-6(12)4(11)3-13-7(5)14-8/h4-7,11-12H,3H2,1-2H3. The molecule has 2 heterocycles. The van der Waals surface area contributed by atoms with Crippen molar-refractivity contribution < 1.29 is 14.9 Å². The average Bonchev–Trinajstić information content (AvgIpc) is 2.56. The van der Waals surface area contributed by atoms with Gasteiger partial charge in [-0.05, 0) is 0 Å². The van der Waals surface area contributed by atoms with Crippen LogP contribution >= 0.6 is 11.8 Å². The molecule has 6 heteroatoms. The molecular weight excluding hydrogens is 204 g/mol. The fraction of sp³-hybridized carbons (Fsp3) is 0.875. The Morgan fingerprint density at radius 1 is 1.50 bits per heavy atom. The molecule has 2 aliphatic rings. The third-order valence-electron chi connectivity index (χ3n) is 2.32. The summed E-state index contributed by atoms with van der Waals surface area (Å²) in [6.07, 6.45) is -1.62. The van der Waals surface area contributed by atoms with Crippen molar-refractivity contribution in [3.05, 3.63) is 0 Å². The van der Waals surface area contributed by atoms with Crippen LogP contribution in [0.3, 0.4) is 0 Å². The molecule has 0 aromatic carbocycles. The van der Waals surface area contributed by atoms with Crippen LogP contribution in [0.5, 0.6) is 0 Å². The van der Waals surface area contributed by atoms with Gasteiger partial charge in [0, 0.05) is 14.1 Å². The van der Waals surface area contributed by atoms with E-state index in [-0.39, 0.29) is 18.1 Å². The topological polar surface area (TPSA) is 65.3 Å². The lowest BCUT2D eigenvalue weighted by Crippen LogP contribution is -2.49. The molecule has 0 radical (unpaired) electrons. The predicted molar refractivity (Wildman–Crippen MR) is 54.3 cm³/mol. The zero-order valence-corrected chi connectivity index (χ0v) is 8.94. The van der Waals surface area contributed by atoms with Gasteiger partial charge in [0.05, 0.1) is 6.61 Å². The number of nitrogens with zero attached hydrogens (tertiary/aromatic N) is 2. The monoisotopic (exact) mass is 218 g/mol. The van der Waals surface area contributed by atoms with E-state index < -0.39 is 12.2 Å². The zero-order valence-electron chi connectivity index (χ0n) is 8.12. The minimum absolute atomic E-state index is 0.147. The van der Waals surface area contributed by atoms with E-state index in [1.807, 2.05) is 19.0 Å². The summed E-state index contributed by atoms with van der Waals surface area (Å²) in [5, 5.41) is 19.9. The van der Waals surface area contributed by atoms with E-state index in [0.717, 1.165) is 5.17 Å². The summed E-state index contributed by atoms with van der Waals surface area (Å²) in [6, 6.07) is -0.332. The molecule has 0 bridgehead atoms. The first kappa shape index (κ1) is 10.2. The smallest absolute Gasteiger partial charge is 0.161 e. The van der Waals surface area contributed by atoms with Crippen molar-refractivity contribution in [1.29, 1.82) is 0 Å². The zero-order chi connectivity index (χ0) is 10.3. The second-order valence-electron chi connectivity index (χ2n) is 3.67. The second kappa shape index (κ2) is 3.69. The molecule has 14 heavy (non-hydrogen) atoms. The Hall–Kier alpha value is -0.300. The van der Waals surface area contributed by atoms with Gasteiger partial charge in [0.15, 0.2) is 5.17 Å². The maximum atomic E-state index is 9.68. The highest BCUT2D eigenvalue weighted by atomic mass is 32.2. The van der Waals surface area contributed by atoms with E-state index >= 15 is 0 Å². The lowest BCUT2D eigenvalue weighted by atomic mass is 10.1. The Balaban J connectivity index is 2.12. The minimum Gasteiger partial charge on any atom is -0.388 e. The van der Waals surface area contributed by atoms with Crippen LogP contribution in [0.4, 0.5) is 0 Å². The maximum Gasteiger partial charge on any atom is 0.161 e. The summed E-state index contributed by atoms with van der Waals surface area (Å²) in [5.74, 6) is 0. The molecule has 2 rings (SSSR count). The van der Waals surface area contributed by atoms with Crippen LogP contribution in [0.25, 0.3) is 0 Å². The number of fused-ring (bicyclic) bond motifs is 1. The first-order chi connectivity index (χ1) is 6.59. The van der Waals surface area contributed by atoms with Crippen LogP contribution in [-0.2, 0) is 4.74 Å². The summed E-state index contributed by atoms with van der Waals surface area (Å²) < 4.78 is 5.38. The van der Waals surface area contributed by atoms with Gasteiger partial charge < -0.3 is 19.8 Å². The number of aliphatic hydroxyl groups is 2.